The minimum atomic E-state index is -0.296. The van der Waals surface area contributed by atoms with Gasteiger partial charge in [-0.25, -0.2) is 4.39 Å². The third-order valence-corrected chi connectivity index (χ3v) is 5.26. The van der Waals surface area contributed by atoms with E-state index in [1.807, 2.05) is 6.07 Å². The molecule has 2 aromatic carbocycles. The van der Waals surface area contributed by atoms with Gasteiger partial charge in [-0.2, -0.15) is 0 Å². The molecule has 1 heterocycles. The molecule has 1 aliphatic rings. The molecule has 3 rings (SSSR count). The lowest BCUT2D eigenvalue weighted by Gasteiger charge is -2.43. The fourth-order valence-corrected chi connectivity index (χ4v) is 3.92. The van der Waals surface area contributed by atoms with Crippen molar-refractivity contribution in [2.45, 2.75) is 39.7 Å². The molecule has 0 amide bonds. The fourth-order valence-electron chi connectivity index (χ4n) is 3.75. The van der Waals surface area contributed by atoms with Gasteiger partial charge >= 0.3 is 0 Å². The molecule has 0 bridgehead atoms. The van der Waals surface area contributed by atoms with E-state index >= 15 is 0 Å². The van der Waals surface area contributed by atoms with Gasteiger partial charge in [0.05, 0.1) is 12.6 Å². The van der Waals surface area contributed by atoms with Crippen LogP contribution in [0.4, 0.5) is 15.8 Å². The van der Waals surface area contributed by atoms with Gasteiger partial charge in [0.15, 0.2) is 0 Å². The molecule has 0 aromatic heterocycles. The summed E-state index contributed by atoms with van der Waals surface area (Å²) < 4.78 is 20.2. The average Bonchev–Trinajstić information content (AvgIpc) is 2.63. The first-order valence-corrected chi connectivity index (χ1v) is 9.83. The lowest BCUT2D eigenvalue weighted by molar-refractivity contribution is 0.416. The van der Waals surface area contributed by atoms with Crippen molar-refractivity contribution in [2.75, 3.05) is 18.6 Å². The number of halogens is 2. The molecule has 0 unspecified atom stereocenters. The largest absolute Gasteiger partial charge is 0.494 e. The maximum absolute atomic E-state index is 14.9. The Balaban J connectivity index is 2.05. The number of anilines is 1. The van der Waals surface area contributed by atoms with Crippen LogP contribution in [-0.2, 0) is 0 Å². The zero-order valence-electron chi connectivity index (χ0n) is 17.0. The Morgan fingerprint density at radius 3 is 2.68 bits per heavy atom. The number of hydrogen-bond donors (Lipinski definition) is 0. The van der Waals surface area contributed by atoms with E-state index < -0.39 is 0 Å². The number of fused-ring (bicyclic) bond motifs is 1. The number of ether oxygens (including phenoxy) is 1. The summed E-state index contributed by atoms with van der Waals surface area (Å²) in [5.41, 5.74) is 3.96. The van der Waals surface area contributed by atoms with Crippen LogP contribution in [0, 0.1) is 5.82 Å². The van der Waals surface area contributed by atoms with Crippen molar-refractivity contribution in [1.82, 2.24) is 0 Å². The summed E-state index contributed by atoms with van der Waals surface area (Å²) in [5.74, 6) is 0.293. The van der Waals surface area contributed by atoms with Gasteiger partial charge in [0, 0.05) is 34.6 Å². The standard InChI is InChI=1S/C23H26ClFN2O/c1-6-9-27-21-12-19(25)16(10-18(21)15(2)13-23(27,3)4)14-26-20-11-17(24)7-8-22(20)28-5/h7-8,10-14H,6,9H2,1-5H3. The number of allylic oxidation sites excluding steroid dienone is 1. The zero-order valence-corrected chi connectivity index (χ0v) is 17.8. The predicted molar refractivity (Wildman–Crippen MR) is 117 cm³/mol. The van der Waals surface area contributed by atoms with Crippen molar-refractivity contribution >= 4 is 34.8 Å². The Morgan fingerprint density at radius 1 is 1.25 bits per heavy atom. The van der Waals surface area contributed by atoms with Gasteiger partial charge in [-0.05, 0) is 63.1 Å². The Hall–Kier alpha value is -2.33. The Bertz CT molecular complexity index is 950. The smallest absolute Gasteiger partial charge is 0.144 e. The van der Waals surface area contributed by atoms with E-state index in [1.54, 1.807) is 31.4 Å². The highest BCUT2D eigenvalue weighted by atomic mass is 35.5. The maximum atomic E-state index is 14.9. The van der Waals surface area contributed by atoms with Gasteiger partial charge in [-0.1, -0.05) is 24.6 Å². The number of rotatable bonds is 5. The summed E-state index contributed by atoms with van der Waals surface area (Å²) in [6.07, 6.45) is 4.76. The number of nitrogens with zero attached hydrogens (tertiary/aromatic N) is 2. The second-order valence-corrected chi connectivity index (χ2v) is 8.03. The predicted octanol–water partition coefficient (Wildman–Crippen LogP) is 6.65. The third-order valence-electron chi connectivity index (χ3n) is 5.03. The van der Waals surface area contributed by atoms with Gasteiger partial charge in [-0.3, -0.25) is 4.99 Å². The molecule has 0 aliphatic carbocycles. The lowest BCUT2D eigenvalue weighted by Crippen LogP contribution is -2.45. The van der Waals surface area contributed by atoms with Crippen molar-refractivity contribution in [1.29, 1.82) is 0 Å². The highest BCUT2D eigenvalue weighted by Gasteiger charge is 2.31. The first-order valence-electron chi connectivity index (χ1n) is 9.45. The number of aliphatic imine (C=N–C) groups is 1. The van der Waals surface area contributed by atoms with E-state index in [0.717, 1.165) is 29.8 Å². The van der Waals surface area contributed by atoms with E-state index in [0.29, 0.717) is 22.0 Å². The van der Waals surface area contributed by atoms with Crippen molar-refractivity contribution < 1.29 is 9.13 Å². The van der Waals surface area contributed by atoms with Crippen molar-refractivity contribution in [3.05, 3.63) is 58.4 Å². The second kappa shape index (κ2) is 7.96. The van der Waals surface area contributed by atoms with Crippen LogP contribution in [0.25, 0.3) is 5.57 Å². The van der Waals surface area contributed by atoms with Crippen molar-refractivity contribution in [3.63, 3.8) is 0 Å². The van der Waals surface area contributed by atoms with Crippen LogP contribution < -0.4 is 9.64 Å². The van der Waals surface area contributed by atoms with Crippen molar-refractivity contribution in [3.8, 4) is 5.75 Å². The van der Waals surface area contributed by atoms with Gasteiger partial charge in [-0.15, -0.1) is 0 Å². The minimum absolute atomic E-state index is 0.150. The Morgan fingerprint density at radius 2 is 2.00 bits per heavy atom. The molecule has 148 valence electrons. The monoisotopic (exact) mass is 400 g/mol. The van der Waals surface area contributed by atoms with Crippen LogP contribution >= 0.6 is 11.6 Å². The molecule has 2 aromatic rings. The molecule has 5 heteroatoms. The minimum Gasteiger partial charge on any atom is -0.494 e. The topological polar surface area (TPSA) is 24.8 Å². The maximum Gasteiger partial charge on any atom is 0.144 e. The zero-order chi connectivity index (χ0) is 20.5. The molecular weight excluding hydrogens is 375 g/mol. The van der Waals surface area contributed by atoms with Gasteiger partial charge in [0.1, 0.15) is 17.3 Å². The highest BCUT2D eigenvalue weighted by molar-refractivity contribution is 6.30. The summed E-state index contributed by atoms with van der Waals surface area (Å²) in [7, 11) is 1.57. The molecule has 0 atom stereocenters. The van der Waals surface area contributed by atoms with E-state index in [4.69, 9.17) is 16.3 Å². The first kappa shape index (κ1) is 20.4. The Kier molecular flexibility index (Phi) is 5.80. The van der Waals surface area contributed by atoms with E-state index in [2.05, 4.69) is 43.7 Å². The Labute approximate surface area is 171 Å². The molecule has 0 saturated carbocycles. The normalized spacial score (nSPS) is 15.5. The van der Waals surface area contributed by atoms with Gasteiger partial charge < -0.3 is 9.64 Å². The molecule has 28 heavy (non-hydrogen) atoms. The van der Waals surface area contributed by atoms with Gasteiger partial charge in [0.25, 0.3) is 0 Å². The summed E-state index contributed by atoms with van der Waals surface area (Å²) >= 11 is 6.06. The highest BCUT2D eigenvalue weighted by Crippen LogP contribution is 2.40. The van der Waals surface area contributed by atoms with E-state index in [-0.39, 0.29) is 11.4 Å². The number of benzene rings is 2. The summed E-state index contributed by atoms with van der Waals surface area (Å²) in [6.45, 7) is 9.40. The van der Waals surface area contributed by atoms with Crippen LogP contribution in [0.1, 0.15) is 45.2 Å². The van der Waals surface area contributed by atoms with E-state index in [1.165, 1.54) is 6.21 Å². The van der Waals surface area contributed by atoms with Crippen LogP contribution in [0.5, 0.6) is 5.75 Å². The number of methoxy groups -OCH3 is 1. The first-order chi connectivity index (χ1) is 13.3. The van der Waals surface area contributed by atoms with Crippen LogP contribution in [0.15, 0.2) is 41.4 Å². The average molecular weight is 401 g/mol. The number of hydrogen-bond acceptors (Lipinski definition) is 3. The van der Waals surface area contributed by atoms with Crippen LogP contribution in [0.3, 0.4) is 0 Å². The molecule has 0 N–H and O–H groups in total. The second-order valence-electron chi connectivity index (χ2n) is 7.60. The molecule has 3 nitrogen and oxygen atoms in total. The molecule has 0 fully saturated rings. The lowest BCUT2D eigenvalue weighted by atomic mass is 9.87. The molecular formula is C23H26ClFN2O. The SMILES string of the molecule is CCCN1c2cc(F)c(C=Nc3cc(Cl)ccc3OC)cc2C(C)=CC1(C)C. The quantitative estimate of drug-likeness (QED) is 0.525. The molecule has 0 radical (unpaired) electrons. The fraction of sp³-hybridized carbons (Fsp3) is 0.348. The molecule has 0 spiro atoms. The van der Waals surface area contributed by atoms with Crippen LogP contribution in [0.2, 0.25) is 5.02 Å². The summed E-state index contributed by atoms with van der Waals surface area (Å²) in [5, 5.41) is 0.551. The van der Waals surface area contributed by atoms with Gasteiger partial charge in [0.2, 0.25) is 0 Å². The summed E-state index contributed by atoms with van der Waals surface area (Å²) in [4.78, 5) is 6.68. The molecule has 1 aliphatic heterocycles. The van der Waals surface area contributed by atoms with E-state index in [9.17, 15) is 4.39 Å². The van der Waals surface area contributed by atoms with Crippen molar-refractivity contribution in [2.24, 2.45) is 4.99 Å². The third kappa shape index (κ3) is 3.93. The summed E-state index contributed by atoms with van der Waals surface area (Å²) in [6, 6.07) is 8.67. The van der Waals surface area contributed by atoms with Crippen LogP contribution in [-0.4, -0.2) is 25.4 Å². The molecule has 0 saturated heterocycles.